The molecular formula is C37H24IrN3OS2. The van der Waals surface area contributed by atoms with Crippen LogP contribution in [0.25, 0.3) is 52.8 Å². The van der Waals surface area contributed by atoms with Crippen molar-refractivity contribution >= 4 is 43.1 Å². The number of hydrogen-bond acceptors (Lipinski definition) is 6. The first-order chi connectivity index (χ1) is 21.2. The number of nitrogens with zero attached hydrogens (tertiary/aromatic N) is 3. The normalized spacial score (nSPS) is 10.2. The maximum atomic E-state index is 9.23. The Labute approximate surface area is 277 Å². The molecular weight excluding hydrogens is 759 g/mol. The number of phenolic OH excluding ortho intramolecular Hbond substituents is 1. The number of pyridine rings is 1. The maximum Gasteiger partial charge on any atom is 3.00 e. The van der Waals surface area contributed by atoms with Gasteiger partial charge in [0.2, 0.25) is 0 Å². The molecule has 5 aromatic carbocycles. The summed E-state index contributed by atoms with van der Waals surface area (Å²) in [6, 6.07) is 52.2. The quantitative estimate of drug-likeness (QED) is 0.182. The molecule has 3 aromatic heterocycles. The smallest absolute Gasteiger partial charge is 0.527 e. The fourth-order valence-electron chi connectivity index (χ4n) is 4.15. The van der Waals surface area contributed by atoms with Crippen LogP contribution in [0.5, 0.6) is 5.75 Å². The van der Waals surface area contributed by atoms with E-state index < -0.39 is 0 Å². The molecule has 0 aliphatic rings. The van der Waals surface area contributed by atoms with Gasteiger partial charge in [0.25, 0.3) is 0 Å². The molecule has 8 aromatic rings. The van der Waals surface area contributed by atoms with E-state index >= 15 is 0 Å². The van der Waals surface area contributed by atoms with Gasteiger partial charge in [-0.15, -0.1) is 102 Å². The summed E-state index contributed by atoms with van der Waals surface area (Å²) < 4.78 is 2.45. The van der Waals surface area contributed by atoms with Crippen LogP contribution < -0.4 is 0 Å². The van der Waals surface area contributed by atoms with Crippen LogP contribution in [0.3, 0.4) is 0 Å². The van der Waals surface area contributed by atoms with Gasteiger partial charge in [-0.3, -0.25) is 9.97 Å². The van der Waals surface area contributed by atoms with Gasteiger partial charge >= 0.3 is 20.1 Å². The predicted octanol–water partition coefficient (Wildman–Crippen LogP) is 9.78. The second kappa shape index (κ2) is 15.3. The Hall–Kier alpha value is -4.52. The molecule has 0 amide bonds. The Balaban J connectivity index is 0.000000130. The third-order valence-corrected chi connectivity index (χ3v) is 8.33. The van der Waals surface area contributed by atoms with Crippen LogP contribution in [0.15, 0.2) is 140 Å². The van der Waals surface area contributed by atoms with E-state index in [0.717, 1.165) is 43.4 Å². The van der Waals surface area contributed by atoms with Gasteiger partial charge in [0.05, 0.1) is 11.0 Å². The van der Waals surface area contributed by atoms with E-state index in [1.807, 2.05) is 103 Å². The minimum atomic E-state index is 0. The first kappa shape index (κ1) is 30.9. The standard InChI is InChI=1S/2C13H8NS.C11H8NO.Ir/c2*1-2-6-10(7-3-1)13-14-11-8-4-5-9-12(11)15-13;13-10-5-3-4-9(8-10)11-6-1-2-7-12-11;/h2*1-6,8-9H;1-3,5-8,13H;/q3*-1;+3. The van der Waals surface area contributed by atoms with E-state index in [9.17, 15) is 5.11 Å². The van der Waals surface area contributed by atoms with Crippen molar-refractivity contribution in [1.29, 1.82) is 0 Å². The zero-order valence-electron chi connectivity index (χ0n) is 23.2. The summed E-state index contributed by atoms with van der Waals surface area (Å²) in [6.07, 6.45) is 1.72. The summed E-state index contributed by atoms with van der Waals surface area (Å²) in [5.74, 6) is 0.236. The van der Waals surface area contributed by atoms with Crippen LogP contribution in [0.4, 0.5) is 0 Å². The van der Waals surface area contributed by atoms with Crippen molar-refractivity contribution in [3.05, 3.63) is 158 Å². The minimum absolute atomic E-state index is 0. The number of fused-ring (bicyclic) bond motifs is 2. The molecule has 7 heteroatoms. The van der Waals surface area contributed by atoms with Gasteiger partial charge in [0.15, 0.2) is 0 Å². The van der Waals surface area contributed by atoms with Crippen LogP contribution in [0, 0.1) is 18.2 Å². The third-order valence-electron chi connectivity index (χ3n) is 6.19. The van der Waals surface area contributed by atoms with Gasteiger partial charge in [-0.1, -0.05) is 36.4 Å². The molecule has 8 rings (SSSR count). The molecule has 0 atom stereocenters. The monoisotopic (exact) mass is 783 g/mol. The molecule has 1 N–H and O–H groups in total. The number of hydrogen-bond donors (Lipinski definition) is 1. The molecule has 0 bridgehead atoms. The fourth-order valence-corrected chi connectivity index (χ4v) is 6.06. The molecule has 0 aliphatic heterocycles. The minimum Gasteiger partial charge on any atom is -0.527 e. The van der Waals surface area contributed by atoms with Crippen molar-refractivity contribution in [2.45, 2.75) is 0 Å². The summed E-state index contributed by atoms with van der Waals surface area (Å²) in [6.45, 7) is 0. The molecule has 0 aliphatic carbocycles. The van der Waals surface area contributed by atoms with Crippen molar-refractivity contribution < 1.29 is 25.2 Å². The maximum absolute atomic E-state index is 9.23. The zero-order chi connectivity index (χ0) is 29.3. The van der Waals surface area contributed by atoms with Crippen molar-refractivity contribution in [2.24, 2.45) is 0 Å². The number of para-hydroxylation sites is 2. The van der Waals surface area contributed by atoms with E-state index in [2.05, 4.69) is 45.3 Å². The molecule has 0 radical (unpaired) electrons. The first-order valence-corrected chi connectivity index (χ1v) is 15.1. The van der Waals surface area contributed by atoms with Crippen molar-refractivity contribution in [1.82, 2.24) is 15.0 Å². The van der Waals surface area contributed by atoms with Gasteiger partial charge in [0, 0.05) is 31.4 Å². The molecule has 0 spiro atoms. The van der Waals surface area contributed by atoms with Crippen molar-refractivity contribution in [3.8, 4) is 38.1 Å². The number of benzene rings is 5. The Morgan fingerprint density at radius 1 is 0.523 bits per heavy atom. The second-order valence-corrected chi connectivity index (χ2v) is 11.3. The van der Waals surface area contributed by atoms with Crippen molar-refractivity contribution in [3.63, 3.8) is 0 Å². The number of aromatic nitrogens is 3. The largest absolute Gasteiger partial charge is 3.00 e. The van der Waals surface area contributed by atoms with Gasteiger partial charge in [-0.25, -0.2) is 0 Å². The average molecular weight is 783 g/mol. The Kier molecular flexibility index (Phi) is 10.7. The van der Waals surface area contributed by atoms with E-state index in [1.165, 1.54) is 9.40 Å². The Morgan fingerprint density at radius 2 is 1.05 bits per heavy atom. The number of thiazole rings is 2. The molecule has 0 fully saturated rings. The van der Waals surface area contributed by atoms with Crippen LogP contribution in [0.2, 0.25) is 0 Å². The van der Waals surface area contributed by atoms with E-state index in [1.54, 1.807) is 47.1 Å². The molecule has 0 saturated heterocycles. The second-order valence-electron chi connectivity index (χ2n) is 9.20. The first-order valence-electron chi connectivity index (χ1n) is 13.5. The predicted molar refractivity (Wildman–Crippen MR) is 178 cm³/mol. The number of rotatable bonds is 3. The SMILES string of the molecule is Oc1cc[c-]c(-c2ccccn2)c1.[Ir+3].[c-]1ccccc1-c1nc2ccccc2s1.[c-]1ccccc1-c1nc2ccccc2s1. The van der Waals surface area contributed by atoms with E-state index in [4.69, 9.17) is 0 Å². The summed E-state index contributed by atoms with van der Waals surface area (Å²) >= 11 is 3.42. The summed E-state index contributed by atoms with van der Waals surface area (Å²) in [4.78, 5) is 13.3. The third kappa shape index (κ3) is 7.90. The van der Waals surface area contributed by atoms with Gasteiger partial charge in [-0.05, 0) is 36.0 Å². The van der Waals surface area contributed by atoms with Crippen LogP contribution >= 0.6 is 22.7 Å². The molecule has 214 valence electrons. The average Bonchev–Trinajstić information content (AvgIpc) is 3.72. The van der Waals surface area contributed by atoms with E-state index in [0.29, 0.717) is 0 Å². The van der Waals surface area contributed by atoms with Crippen molar-refractivity contribution in [2.75, 3.05) is 0 Å². The molecule has 3 heterocycles. The van der Waals surface area contributed by atoms with Gasteiger partial charge in [0.1, 0.15) is 0 Å². The zero-order valence-corrected chi connectivity index (χ0v) is 27.2. The van der Waals surface area contributed by atoms with Crippen LogP contribution in [0.1, 0.15) is 0 Å². The molecule has 0 unspecified atom stereocenters. The Bertz CT molecular complexity index is 1870. The van der Waals surface area contributed by atoms with Gasteiger partial charge in [-0.2, -0.15) is 22.7 Å². The summed E-state index contributed by atoms with van der Waals surface area (Å²) in [5, 5.41) is 11.3. The number of phenols is 1. The Morgan fingerprint density at radius 3 is 1.52 bits per heavy atom. The molecule has 44 heavy (non-hydrogen) atoms. The molecule has 4 nitrogen and oxygen atoms in total. The summed E-state index contributed by atoms with van der Waals surface area (Å²) in [5.41, 5.74) is 5.89. The number of aromatic hydroxyl groups is 1. The van der Waals surface area contributed by atoms with E-state index in [-0.39, 0.29) is 25.9 Å². The van der Waals surface area contributed by atoms with Gasteiger partial charge < -0.3 is 10.1 Å². The van der Waals surface area contributed by atoms with Crippen LogP contribution in [-0.2, 0) is 20.1 Å². The molecule has 0 saturated carbocycles. The fraction of sp³-hybridized carbons (Fsp3) is 0. The summed E-state index contributed by atoms with van der Waals surface area (Å²) in [7, 11) is 0. The van der Waals surface area contributed by atoms with Crippen LogP contribution in [-0.4, -0.2) is 20.1 Å². The topological polar surface area (TPSA) is 58.9 Å².